The molecule has 24 heavy (non-hydrogen) atoms. The molecule has 1 heterocycles. The molecule has 0 radical (unpaired) electrons. The Bertz CT molecular complexity index is 680. The van der Waals surface area contributed by atoms with Crippen LogP contribution in [0.4, 0.5) is 0 Å². The first kappa shape index (κ1) is 18.2. The Morgan fingerprint density at radius 2 is 1.88 bits per heavy atom. The number of carbonyl (C=O) groups is 1. The molecule has 2 aromatic rings. The summed E-state index contributed by atoms with van der Waals surface area (Å²) in [7, 11) is 0. The number of carbonyl (C=O) groups excluding carboxylic acids is 1. The second-order valence-corrected chi connectivity index (χ2v) is 7.17. The minimum absolute atomic E-state index is 0.0738. The van der Waals surface area contributed by atoms with Gasteiger partial charge in [0, 0.05) is 18.2 Å². The van der Waals surface area contributed by atoms with Gasteiger partial charge < -0.3 is 11.1 Å². The van der Waals surface area contributed by atoms with Crippen molar-refractivity contribution in [3.63, 3.8) is 0 Å². The maximum Gasteiger partial charge on any atom is 0.254 e. The average molecular weight is 328 g/mol. The van der Waals surface area contributed by atoms with E-state index in [0.717, 1.165) is 24.2 Å². The number of benzene rings is 1. The van der Waals surface area contributed by atoms with Crippen molar-refractivity contribution in [1.29, 1.82) is 0 Å². The van der Waals surface area contributed by atoms with Gasteiger partial charge in [-0.2, -0.15) is 5.10 Å². The van der Waals surface area contributed by atoms with Gasteiger partial charge in [-0.3, -0.25) is 4.79 Å². The smallest absolute Gasteiger partial charge is 0.254 e. The fourth-order valence-electron chi connectivity index (χ4n) is 2.49. The van der Waals surface area contributed by atoms with E-state index in [0.29, 0.717) is 18.7 Å². The molecule has 0 saturated carbocycles. The Labute approximate surface area is 144 Å². The van der Waals surface area contributed by atoms with E-state index in [1.165, 1.54) is 5.56 Å². The number of amides is 1. The Balaban J connectivity index is 2.28. The van der Waals surface area contributed by atoms with Crippen LogP contribution >= 0.6 is 0 Å². The molecule has 0 bridgehead atoms. The van der Waals surface area contributed by atoms with Crippen molar-refractivity contribution in [2.24, 2.45) is 5.73 Å². The lowest BCUT2D eigenvalue weighted by Gasteiger charge is -2.17. The van der Waals surface area contributed by atoms with Gasteiger partial charge in [0.1, 0.15) is 0 Å². The third kappa shape index (κ3) is 4.45. The largest absolute Gasteiger partial charge is 0.352 e. The Kier molecular flexibility index (Phi) is 5.78. The Hall–Kier alpha value is -2.14. The van der Waals surface area contributed by atoms with Gasteiger partial charge in [0.05, 0.1) is 16.9 Å². The van der Waals surface area contributed by atoms with Crippen LogP contribution in [0.25, 0.3) is 5.69 Å². The maximum absolute atomic E-state index is 12.6. The molecule has 0 saturated heterocycles. The molecule has 0 aliphatic heterocycles. The second-order valence-electron chi connectivity index (χ2n) is 7.17. The highest BCUT2D eigenvalue weighted by molar-refractivity contribution is 5.95. The van der Waals surface area contributed by atoms with E-state index >= 15 is 0 Å². The number of nitrogens with zero attached hydrogens (tertiary/aromatic N) is 2. The van der Waals surface area contributed by atoms with E-state index in [1.807, 2.05) is 37.4 Å². The van der Waals surface area contributed by atoms with E-state index in [1.54, 1.807) is 4.68 Å². The lowest BCUT2D eigenvalue weighted by Crippen LogP contribution is -2.27. The molecule has 0 atom stereocenters. The number of aryl methyl sites for hydroxylation is 1. The molecule has 0 aliphatic carbocycles. The molecule has 3 N–H and O–H groups in total. The fourth-order valence-corrected chi connectivity index (χ4v) is 2.49. The van der Waals surface area contributed by atoms with Crippen molar-refractivity contribution >= 4 is 5.91 Å². The summed E-state index contributed by atoms with van der Waals surface area (Å²) in [5.41, 5.74) is 8.87. The molecule has 1 aromatic carbocycles. The van der Waals surface area contributed by atoms with Crippen LogP contribution in [-0.4, -0.2) is 28.8 Å². The monoisotopic (exact) mass is 328 g/mol. The van der Waals surface area contributed by atoms with Crippen molar-refractivity contribution in [3.8, 4) is 5.69 Å². The summed E-state index contributed by atoms with van der Waals surface area (Å²) in [5.74, 6) is -0.0738. The van der Waals surface area contributed by atoms with Crippen LogP contribution in [0.5, 0.6) is 0 Å². The van der Waals surface area contributed by atoms with Gasteiger partial charge in [0.25, 0.3) is 5.91 Å². The van der Waals surface area contributed by atoms with E-state index in [-0.39, 0.29) is 11.3 Å². The molecule has 0 fully saturated rings. The van der Waals surface area contributed by atoms with Gasteiger partial charge in [-0.15, -0.1) is 0 Å². The minimum atomic E-state index is -0.208. The zero-order valence-corrected chi connectivity index (χ0v) is 15.1. The van der Waals surface area contributed by atoms with Gasteiger partial charge in [0.15, 0.2) is 0 Å². The lowest BCUT2D eigenvalue weighted by molar-refractivity contribution is 0.0951. The van der Waals surface area contributed by atoms with Gasteiger partial charge in [-0.1, -0.05) is 38.5 Å². The molecule has 1 amide bonds. The number of nitrogens with one attached hydrogen (secondary N) is 1. The SMILES string of the molecule is Cc1ccc(-n2cc(C(=O)NCCCCN)c(C(C)(C)C)n2)cc1. The van der Waals surface area contributed by atoms with E-state index < -0.39 is 0 Å². The topological polar surface area (TPSA) is 72.9 Å². The first-order valence-electron chi connectivity index (χ1n) is 8.48. The van der Waals surface area contributed by atoms with E-state index in [4.69, 9.17) is 5.73 Å². The van der Waals surface area contributed by atoms with E-state index in [2.05, 4.69) is 31.2 Å². The molecule has 0 aliphatic rings. The van der Waals surface area contributed by atoms with Crippen molar-refractivity contribution in [3.05, 3.63) is 47.3 Å². The van der Waals surface area contributed by atoms with E-state index in [9.17, 15) is 4.79 Å². The number of hydrogen-bond acceptors (Lipinski definition) is 3. The Morgan fingerprint density at radius 3 is 2.46 bits per heavy atom. The average Bonchev–Trinajstić information content (AvgIpc) is 2.98. The predicted molar refractivity (Wildman–Crippen MR) is 97.6 cm³/mol. The normalized spacial score (nSPS) is 11.5. The van der Waals surface area contributed by atoms with Crippen LogP contribution in [0.15, 0.2) is 30.5 Å². The third-order valence-corrected chi connectivity index (χ3v) is 3.88. The third-order valence-electron chi connectivity index (χ3n) is 3.88. The molecule has 0 unspecified atom stereocenters. The van der Waals surface area contributed by atoms with Crippen LogP contribution in [0.2, 0.25) is 0 Å². The van der Waals surface area contributed by atoms with Crippen molar-refractivity contribution in [2.75, 3.05) is 13.1 Å². The summed E-state index contributed by atoms with van der Waals surface area (Å²) in [6.07, 6.45) is 3.62. The molecule has 5 heteroatoms. The number of aromatic nitrogens is 2. The molecule has 0 spiro atoms. The highest BCUT2D eigenvalue weighted by atomic mass is 16.1. The molecular weight excluding hydrogens is 300 g/mol. The van der Waals surface area contributed by atoms with Gasteiger partial charge in [0.2, 0.25) is 0 Å². The molecule has 130 valence electrons. The van der Waals surface area contributed by atoms with Crippen molar-refractivity contribution in [2.45, 2.75) is 46.0 Å². The number of nitrogens with two attached hydrogens (primary N) is 1. The maximum atomic E-state index is 12.6. The van der Waals surface area contributed by atoms with Gasteiger partial charge >= 0.3 is 0 Å². The minimum Gasteiger partial charge on any atom is -0.352 e. The summed E-state index contributed by atoms with van der Waals surface area (Å²) in [5, 5.41) is 7.66. The summed E-state index contributed by atoms with van der Waals surface area (Å²) < 4.78 is 1.79. The zero-order valence-electron chi connectivity index (χ0n) is 15.1. The fraction of sp³-hybridized carbons (Fsp3) is 0.474. The first-order chi connectivity index (χ1) is 11.3. The highest BCUT2D eigenvalue weighted by Gasteiger charge is 2.26. The highest BCUT2D eigenvalue weighted by Crippen LogP contribution is 2.25. The van der Waals surface area contributed by atoms with Crippen LogP contribution in [-0.2, 0) is 5.41 Å². The summed E-state index contributed by atoms with van der Waals surface area (Å²) >= 11 is 0. The van der Waals surface area contributed by atoms with Crippen molar-refractivity contribution in [1.82, 2.24) is 15.1 Å². The summed E-state index contributed by atoms with van der Waals surface area (Å²) in [4.78, 5) is 12.6. The van der Waals surface area contributed by atoms with Crippen LogP contribution < -0.4 is 11.1 Å². The molecular formula is C19H28N4O. The zero-order chi connectivity index (χ0) is 17.7. The standard InChI is InChI=1S/C19H28N4O/c1-14-7-9-15(10-8-14)23-13-16(17(22-23)19(2,3)4)18(24)21-12-6-5-11-20/h7-10,13H,5-6,11-12,20H2,1-4H3,(H,21,24). The van der Waals surface area contributed by atoms with Gasteiger partial charge in [-0.25, -0.2) is 4.68 Å². The number of rotatable bonds is 6. The quantitative estimate of drug-likeness (QED) is 0.801. The number of hydrogen-bond donors (Lipinski definition) is 2. The molecule has 5 nitrogen and oxygen atoms in total. The van der Waals surface area contributed by atoms with Crippen LogP contribution in [0.3, 0.4) is 0 Å². The Morgan fingerprint density at radius 1 is 1.21 bits per heavy atom. The predicted octanol–water partition coefficient (Wildman–Crippen LogP) is 2.95. The summed E-state index contributed by atoms with van der Waals surface area (Å²) in [6.45, 7) is 9.54. The van der Waals surface area contributed by atoms with Crippen LogP contribution in [0.1, 0.15) is 55.2 Å². The van der Waals surface area contributed by atoms with Crippen LogP contribution in [0, 0.1) is 6.92 Å². The number of unbranched alkanes of at least 4 members (excludes halogenated alkanes) is 1. The summed E-state index contributed by atoms with van der Waals surface area (Å²) in [6, 6.07) is 8.11. The lowest BCUT2D eigenvalue weighted by atomic mass is 9.89. The second kappa shape index (κ2) is 7.62. The molecule has 1 aromatic heterocycles. The van der Waals surface area contributed by atoms with Gasteiger partial charge in [-0.05, 0) is 38.4 Å². The molecule has 2 rings (SSSR count). The van der Waals surface area contributed by atoms with Crippen molar-refractivity contribution < 1.29 is 4.79 Å². The first-order valence-corrected chi connectivity index (χ1v) is 8.48.